The number of rotatable bonds is 2. The molecule has 0 saturated heterocycles. The Morgan fingerprint density at radius 1 is 1.00 bits per heavy atom. The maximum atomic E-state index is 12.5. The molecule has 2 aromatic heterocycles. The first-order valence-electron chi connectivity index (χ1n) is 7.20. The summed E-state index contributed by atoms with van der Waals surface area (Å²) in [7, 11) is 0. The fourth-order valence-electron chi connectivity index (χ4n) is 2.54. The highest BCUT2D eigenvalue weighted by atomic mass is 16.3. The molecule has 0 aliphatic heterocycles. The Balaban J connectivity index is 1.82. The predicted octanol–water partition coefficient (Wildman–Crippen LogP) is 4.09. The van der Waals surface area contributed by atoms with Crippen LogP contribution < -0.4 is 5.43 Å². The summed E-state index contributed by atoms with van der Waals surface area (Å²) in [6.45, 7) is 0. The molecule has 0 aliphatic carbocycles. The number of para-hydroxylation sites is 1. The van der Waals surface area contributed by atoms with Crippen molar-refractivity contribution in [2.75, 3.05) is 0 Å². The molecule has 0 saturated carbocycles. The lowest BCUT2D eigenvalue weighted by molar-refractivity contribution is 0.601. The molecule has 4 heteroatoms. The maximum Gasteiger partial charge on any atom is 0.201 e. The molecule has 0 atom stereocenters. The van der Waals surface area contributed by atoms with Gasteiger partial charge in [-0.2, -0.15) is 0 Å². The summed E-state index contributed by atoms with van der Waals surface area (Å²) in [6.07, 6.45) is 6.51. The van der Waals surface area contributed by atoms with Crippen LogP contribution in [0.3, 0.4) is 0 Å². The van der Waals surface area contributed by atoms with Gasteiger partial charge in [-0.15, -0.1) is 0 Å². The molecule has 2 heterocycles. The van der Waals surface area contributed by atoms with Gasteiger partial charge in [-0.3, -0.25) is 14.8 Å². The van der Waals surface area contributed by atoms with Gasteiger partial charge >= 0.3 is 0 Å². The van der Waals surface area contributed by atoms with Crippen LogP contribution >= 0.6 is 0 Å². The zero-order valence-corrected chi connectivity index (χ0v) is 12.1. The largest absolute Gasteiger partial charge is 0.463 e. The lowest BCUT2D eigenvalue weighted by Crippen LogP contribution is -2.07. The van der Waals surface area contributed by atoms with E-state index in [1.807, 2.05) is 36.4 Å². The molecule has 4 aromatic rings. The van der Waals surface area contributed by atoms with Crippen LogP contribution in [-0.2, 0) is 0 Å². The van der Waals surface area contributed by atoms with E-state index in [1.54, 1.807) is 30.7 Å². The van der Waals surface area contributed by atoms with Crippen LogP contribution in [0.4, 0.5) is 5.69 Å². The minimum absolute atomic E-state index is 0.0856. The average molecular weight is 300 g/mol. The summed E-state index contributed by atoms with van der Waals surface area (Å²) < 4.78 is 5.50. The van der Waals surface area contributed by atoms with Gasteiger partial charge in [-0.1, -0.05) is 24.3 Å². The van der Waals surface area contributed by atoms with E-state index in [9.17, 15) is 4.79 Å². The first-order valence-corrected chi connectivity index (χ1v) is 7.20. The lowest BCUT2D eigenvalue weighted by Gasteiger charge is -2.01. The Kier molecular flexibility index (Phi) is 3.20. The number of hydrogen-bond acceptors (Lipinski definition) is 4. The van der Waals surface area contributed by atoms with Gasteiger partial charge < -0.3 is 4.42 Å². The Morgan fingerprint density at radius 2 is 1.91 bits per heavy atom. The molecule has 2 aromatic carbocycles. The Bertz CT molecular complexity index is 1090. The molecule has 0 aliphatic rings. The zero-order valence-electron chi connectivity index (χ0n) is 12.1. The second-order valence-corrected chi connectivity index (χ2v) is 5.15. The highest BCUT2D eigenvalue weighted by Gasteiger charge is 2.05. The normalized spacial score (nSPS) is 11.5. The van der Waals surface area contributed by atoms with Gasteiger partial charge in [0.1, 0.15) is 11.8 Å². The van der Waals surface area contributed by atoms with E-state index in [4.69, 9.17) is 4.42 Å². The number of fused-ring (bicyclic) bond motifs is 2. The molecular weight excluding hydrogens is 288 g/mol. The van der Waals surface area contributed by atoms with Crippen LogP contribution in [0.2, 0.25) is 0 Å². The smallest absolute Gasteiger partial charge is 0.201 e. The number of aromatic nitrogens is 1. The van der Waals surface area contributed by atoms with Crippen molar-refractivity contribution in [3.05, 3.63) is 83.0 Å². The molecule has 4 nitrogen and oxygen atoms in total. The Morgan fingerprint density at radius 3 is 2.87 bits per heavy atom. The van der Waals surface area contributed by atoms with Crippen LogP contribution in [0, 0.1) is 0 Å². The topological polar surface area (TPSA) is 55.5 Å². The number of nitrogens with zero attached hydrogens (tertiary/aromatic N) is 2. The molecule has 0 unspecified atom stereocenters. The van der Waals surface area contributed by atoms with Crippen LogP contribution in [0.5, 0.6) is 0 Å². The summed E-state index contributed by atoms with van der Waals surface area (Å²) in [5, 5.41) is 2.55. The van der Waals surface area contributed by atoms with Gasteiger partial charge in [0.15, 0.2) is 0 Å². The molecule has 0 fully saturated rings. The van der Waals surface area contributed by atoms with E-state index in [-0.39, 0.29) is 5.43 Å². The third kappa shape index (κ3) is 2.40. The van der Waals surface area contributed by atoms with E-state index >= 15 is 0 Å². The van der Waals surface area contributed by atoms with Crippen molar-refractivity contribution in [3.63, 3.8) is 0 Å². The second kappa shape index (κ2) is 5.50. The molecule has 0 bridgehead atoms. The lowest BCUT2D eigenvalue weighted by atomic mass is 10.1. The summed E-state index contributed by atoms with van der Waals surface area (Å²) in [6, 6.07) is 14.9. The van der Waals surface area contributed by atoms with Gasteiger partial charge in [0, 0.05) is 29.4 Å². The quantitative estimate of drug-likeness (QED) is 0.524. The van der Waals surface area contributed by atoms with E-state index < -0.39 is 0 Å². The highest BCUT2D eigenvalue weighted by Crippen LogP contribution is 2.24. The number of benzene rings is 2. The summed E-state index contributed by atoms with van der Waals surface area (Å²) in [5.74, 6) is 0. The molecule has 4 rings (SSSR count). The van der Waals surface area contributed by atoms with E-state index in [2.05, 4.69) is 9.98 Å². The van der Waals surface area contributed by atoms with Gasteiger partial charge in [-0.05, 0) is 24.3 Å². The van der Waals surface area contributed by atoms with Gasteiger partial charge in [-0.25, -0.2) is 0 Å². The minimum atomic E-state index is -0.0856. The average Bonchev–Trinajstić information content (AvgIpc) is 2.61. The van der Waals surface area contributed by atoms with Crippen LogP contribution in [0.15, 0.2) is 81.4 Å². The van der Waals surface area contributed by atoms with Crippen molar-refractivity contribution >= 4 is 33.6 Å². The third-order valence-electron chi connectivity index (χ3n) is 3.71. The minimum Gasteiger partial charge on any atom is -0.463 e. The van der Waals surface area contributed by atoms with E-state index in [0.717, 1.165) is 16.5 Å². The molecule has 0 N–H and O–H groups in total. The van der Waals surface area contributed by atoms with Crippen molar-refractivity contribution < 1.29 is 4.42 Å². The van der Waals surface area contributed by atoms with E-state index in [0.29, 0.717) is 16.5 Å². The van der Waals surface area contributed by atoms with Crippen molar-refractivity contribution in [1.29, 1.82) is 0 Å². The van der Waals surface area contributed by atoms with Crippen molar-refractivity contribution in [1.82, 2.24) is 4.98 Å². The van der Waals surface area contributed by atoms with E-state index in [1.165, 1.54) is 6.26 Å². The predicted molar refractivity (Wildman–Crippen MR) is 91.5 cm³/mol. The molecule has 23 heavy (non-hydrogen) atoms. The number of pyridine rings is 1. The zero-order chi connectivity index (χ0) is 15.6. The Labute approximate surface area is 131 Å². The molecular formula is C19H12N2O2. The van der Waals surface area contributed by atoms with Gasteiger partial charge in [0.2, 0.25) is 5.43 Å². The van der Waals surface area contributed by atoms with Crippen molar-refractivity contribution in [2.24, 2.45) is 4.99 Å². The third-order valence-corrected chi connectivity index (χ3v) is 3.71. The second-order valence-electron chi connectivity index (χ2n) is 5.15. The maximum absolute atomic E-state index is 12.5. The van der Waals surface area contributed by atoms with Crippen molar-refractivity contribution in [2.45, 2.75) is 0 Å². The number of hydrogen-bond donors (Lipinski definition) is 0. The molecule has 0 amide bonds. The number of aliphatic imine (C=N–C) groups is 1. The standard InChI is InChI=1S/C19H12N2O2/c22-19-14(12-23-18-7-2-1-5-16(18)19)11-21-17-6-3-4-13-10-20-9-8-15(13)17/h1-12H. The SMILES string of the molecule is O=c1c(C=Nc2cccc3cnccc23)coc2ccccc12. The Hall–Kier alpha value is -3.27. The van der Waals surface area contributed by atoms with Crippen molar-refractivity contribution in [3.8, 4) is 0 Å². The summed E-state index contributed by atoms with van der Waals surface area (Å²) in [5.41, 5.74) is 1.70. The molecule has 0 radical (unpaired) electrons. The summed E-state index contributed by atoms with van der Waals surface area (Å²) in [4.78, 5) is 21.0. The first kappa shape index (κ1) is 13.4. The molecule has 0 spiro atoms. The van der Waals surface area contributed by atoms with Gasteiger partial charge in [0.25, 0.3) is 0 Å². The summed E-state index contributed by atoms with van der Waals surface area (Å²) >= 11 is 0. The monoisotopic (exact) mass is 300 g/mol. The van der Waals surface area contributed by atoms with Crippen LogP contribution in [0.25, 0.3) is 21.7 Å². The van der Waals surface area contributed by atoms with Crippen LogP contribution in [-0.4, -0.2) is 11.2 Å². The van der Waals surface area contributed by atoms with Crippen LogP contribution in [0.1, 0.15) is 5.56 Å². The fourth-order valence-corrected chi connectivity index (χ4v) is 2.54. The van der Waals surface area contributed by atoms with Gasteiger partial charge in [0.05, 0.1) is 16.6 Å². The first-order chi connectivity index (χ1) is 11.3. The molecule has 110 valence electrons. The fraction of sp³-hybridized carbons (Fsp3) is 0. The highest BCUT2D eigenvalue weighted by molar-refractivity contribution is 5.95.